The second kappa shape index (κ2) is 80.8. The van der Waals surface area contributed by atoms with Crippen molar-refractivity contribution in [3.63, 3.8) is 0 Å². The first-order valence-electron chi connectivity index (χ1n) is 49.8. The molecule has 0 unspecified atom stereocenters. The average molecular weight is 1590 g/mol. The highest BCUT2D eigenvalue weighted by Gasteiger charge is 2.23. The maximum atomic E-state index is 4.15. The zero-order chi connectivity index (χ0) is 90.5. The molecule has 0 fully saturated rings. The van der Waals surface area contributed by atoms with Crippen LogP contribution in [0.15, 0.2) is 110 Å². The number of aromatic nitrogens is 1. The third-order valence-electron chi connectivity index (χ3n) is 22.1. The molecule has 0 saturated carbocycles. The maximum Gasteiger partial charge on any atom is 0.0305 e. The fraction of sp³-hybridized carbons (Fsp3) is 0.793. The average Bonchev–Trinajstić information content (AvgIpc) is 1.06. The summed E-state index contributed by atoms with van der Waals surface area (Å²) in [5, 5.41) is 6.89. The Morgan fingerprint density at radius 3 is 0.553 bits per heavy atom. The second-order valence-electron chi connectivity index (χ2n) is 35.3. The van der Waals surface area contributed by atoms with Crippen LogP contribution >= 0.6 is 0 Å². The molecule has 0 atom stereocenters. The summed E-state index contributed by atoms with van der Waals surface area (Å²) in [4.78, 5) is 4.15. The summed E-state index contributed by atoms with van der Waals surface area (Å²) in [5.41, 5.74) is 26.6. The monoisotopic (exact) mass is 1590 g/mol. The first-order valence-corrected chi connectivity index (χ1v) is 49.8. The highest BCUT2D eigenvalue weighted by atomic mass is 14.9. The molecular weight excluding hydrogens is 1380 g/mol. The van der Waals surface area contributed by atoms with Gasteiger partial charge in [0.2, 0.25) is 0 Å². The van der Waals surface area contributed by atoms with E-state index in [9.17, 15) is 0 Å². The van der Waals surface area contributed by atoms with Crippen molar-refractivity contribution in [3.8, 4) is 0 Å². The Kier molecular flexibility index (Phi) is 89.5. The van der Waals surface area contributed by atoms with Crippen LogP contribution in [-0.2, 0) is 0 Å². The molecule has 0 saturated heterocycles. The number of pyridine rings is 1. The molecule has 8 rings (SSSR count). The van der Waals surface area contributed by atoms with Crippen LogP contribution < -0.4 is 10.6 Å². The van der Waals surface area contributed by atoms with E-state index in [2.05, 4.69) is 268 Å². The molecule has 0 radical (unpaired) electrons. The molecule has 2 N–H and O–H groups in total. The van der Waals surface area contributed by atoms with Gasteiger partial charge in [0.25, 0.3) is 0 Å². The normalized spacial score (nSPS) is 16.1. The van der Waals surface area contributed by atoms with Gasteiger partial charge in [0.1, 0.15) is 0 Å². The van der Waals surface area contributed by atoms with Gasteiger partial charge in [-0.25, -0.2) is 0 Å². The second-order valence-corrected chi connectivity index (χ2v) is 35.3. The quantitative estimate of drug-likeness (QED) is 0.165. The molecule has 0 amide bonds. The molecule has 2 aromatic rings. The van der Waals surface area contributed by atoms with Crippen LogP contribution in [0.4, 0.5) is 0 Å². The Morgan fingerprint density at radius 2 is 0.368 bits per heavy atom. The minimum atomic E-state index is 0.580. The van der Waals surface area contributed by atoms with Crippen molar-refractivity contribution >= 4 is 0 Å². The number of nitrogens with zero attached hydrogens (tertiary/aromatic N) is 1. The topological polar surface area (TPSA) is 37.0 Å². The van der Waals surface area contributed by atoms with Crippen LogP contribution in [0.2, 0.25) is 0 Å². The number of benzene rings is 1. The first-order chi connectivity index (χ1) is 54.0. The van der Waals surface area contributed by atoms with Crippen molar-refractivity contribution in [2.24, 2.45) is 71.0 Å². The number of allylic oxidation sites excluding steroid dienone is 8. The summed E-state index contributed by atoms with van der Waals surface area (Å²) in [6.45, 7) is 110. The summed E-state index contributed by atoms with van der Waals surface area (Å²) >= 11 is 0. The summed E-state index contributed by atoms with van der Waals surface area (Å²) in [5.74, 6) is 11.6. The summed E-state index contributed by atoms with van der Waals surface area (Å²) in [7, 11) is 0. The first kappa shape index (κ1) is 126. The third kappa shape index (κ3) is 55.5. The van der Waals surface area contributed by atoms with Crippen molar-refractivity contribution in [2.45, 2.75) is 484 Å². The van der Waals surface area contributed by atoms with Gasteiger partial charge in [-0.15, -0.1) is 0 Å². The maximum absolute atomic E-state index is 4.15. The molecule has 114 heavy (non-hydrogen) atoms. The summed E-state index contributed by atoms with van der Waals surface area (Å²) < 4.78 is 0. The number of hydrogen-bond acceptors (Lipinski definition) is 3. The van der Waals surface area contributed by atoms with E-state index in [1.807, 2.05) is 123 Å². The van der Waals surface area contributed by atoms with Gasteiger partial charge < -0.3 is 10.6 Å². The van der Waals surface area contributed by atoms with Gasteiger partial charge in [-0.1, -0.05) is 443 Å². The van der Waals surface area contributed by atoms with Crippen molar-refractivity contribution < 1.29 is 0 Å². The molecule has 1 aromatic carbocycles. The summed E-state index contributed by atoms with van der Waals surface area (Å²) in [6, 6.07) is 10.8. The largest absolute Gasteiger partial charge is 0.313 e. The van der Waals surface area contributed by atoms with E-state index in [4.69, 9.17) is 0 Å². The molecule has 0 spiro atoms. The van der Waals surface area contributed by atoms with Gasteiger partial charge in [0.05, 0.1) is 0 Å². The number of nitrogens with one attached hydrogen (secondary N) is 2. The van der Waals surface area contributed by atoms with Crippen LogP contribution in [0, 0.1) is 71.0 Å². The molecule has 3 nitrogen and oxygen atoms in total. The molecule has 1 aromatic heterocycles. The van der Waals surface area contributed by atoms with E-state index in [1.165, 1.54) is 164 Å². The van der Waals surface area contributed by atoms with Crippen LogP contribution in [-0.4, -0.2) is 31.2 Å². The SMILES string of the molecule is CC.CC.CC.CC.CC.CC.CC.CC.CC(C)/C1=C(\C(C)C)CCCCCC1.CC(C)C1=C(C(C)C)CCC1.CC(C)C1=C(C(C)C)CCCC1.CC(C)C1=C(C(C)C)CCCCC1.CC(C)C1=C(C(C)C)CNCC1.CC(C)C1=C(C(C)C)CNCC1.CC(C)c1ccccc1C(C)C.CC(C)c1ccncc1C(C)C. The lowest BCUT2D eigenvalue weighted by atomic mass is 9.81. The lowest BCUT2D eigenvalue weighted by molar-refractivity contribution is 0.539. The predicted molar refractivity (Wildman–Crippen MR) is 536 cm³/mol. The van der Waals surface area contributed by atoms with Crippen molar-refractivity contribution in [2.75, 3.05) is 26.2 Å². The molecule has 4 aliphatic carbocycles. The highest BCUT2D eigenvalue weighted by molar-refractivity contribution is 5.33. The number of hydrogen-bond donors (Lipinski definition) is 2. The van der Waals surface area contributed by atoms with E-state index >= 15 is 0 Å². The summed E-state index contributed by atoms with van der Waals surface area (Å²) in [6.07, 6.45) is 31.6. The van der Waals surface area contributed by atoms with E-state index < -0.39 is 0 Å². The third-order valence-corrected chi connectivity index (χ3v) is 22.1. The minimum absolute atomic E-state index is 0.580. The molecule has 3 heteroatoms. The molecule has 3 heterocycles. The molecular formula is C111H217N3. The van der Waals surface area contributed by atoms with Gasteiger partial charge in [-0.05, 0) is 245 Å². The van der Waals surface area contributed by atoms with Crippen molar-refractivity contribution in [1.29, 1.82) is 0 Å². The fourth-order valence-electron chi connectivity index (χ4n) is 16.3. The lowest BCUT2D eigenvalue weighted by Crippen LogP contribution is -2.28. The van der Waals surface area contributed by atoms with Gasteiger partial charge >= 0.3 is 0 Å². The minimum Gasteiger partial charge on any atom is -0.313 e. The highest BCUT2D eigenvalue weighted by Crippen LogP contribution is 2.38. The van der Waals surface area contributed by atoms with E-state index in [0.29, 0.717) is 23.7 Å². The predicted octanol–water partition coefficient (Wildman–Crippen LogP) is 38.1. The van der Waals surface area contributed by atoms with E-state index in [1.54, 1.807) is 66.9 Å². The molecule has 2 aliphatic heterocycles. The fourth-order valence-corrected chi connectivity index (χ4v) is 16.3. The lowest BCUT2D eigenvalue weighted by Gasteiger charge is -2.26. The standard InChI is InChI=1S/C14H26.C13H24.C12H22.C12H18.2C11H21N.C11H17N.C11H20.8C2H6/c1-11(2)13-9-7-5-6-8-10-14(13)12(3)4;1-10(2)12-8-6-5-7-9-13(12)11(3)4;2*1-9(2)11-7-5-6-8-12(11)10(3)4;3*1-8(2)10-5-6-12-7-11(10)9(3)4;1-8(2)10-6-5-7-11(10)9(3)4;8*1-2/h11-12H,5-10H2,1-4H3;10-11H,5-9H2,1-4H3;9-10H,5-8H2,1-4H3;5-10H,1-4H3;2*8-9,12H,5-7H2,1-4H3;5-9H,1-4H3;8-9H,5-7H2,1-4H3;8*1-2H3/b14-13-;;;;;;;;;;;;;;;. The van der Waals surface area contributed by atoms with Crippen molar-refractivity contribution in [3.05, 3.63) is 132 Å². The van der Waals surface area contributed by atoms with E-state index in [-0.39, 0.29) is 0 Å². The van der Waals surface area contributed by atoms with Gasteiger partial charge in [0, 0.05) is 25.5 Å². The van der Waals surface area contributed by atoms with Crippen LogP contribution in [0.1, 0.15) is 507 Å². The van der Waals surface area contributed by atoms with Gasteiger partial charge in [-0.2, -0.15) is 0 Å². The Balaban J connectivity index is -0.000000183. The molecule has 0 bridgehead atoms. The molecule has 676 valence electrons. The van der Waals surface area contributed by atoms with Crippen LogP contribution in [0.25, 0.3) is 0 Å². The van der Waals surface area contributed by atoms with E-state index in [0.717, 1.165) is 84.1 Å². The zero-order valence-corrected chi connectivity index (χ0v) is 87.7. The smallest absolute Gasteiger partial charge is 0.0305 e. The Hall–Kier alpha value is -3.27. The number of rotatable bonds is 16. The van der Waals surface area contributed by atoms with Crippen LogP contribution in [0.5, 0.6) is 0 Å². The molecule has 6 aliphatic rings. The Bertz CT molecular complexity index is 2340. The van der Waals surface area contributed by atoms with Gasteiger partial charge in [-0.3, -0.25) is 4.98 Å². The zero-order valence-electron chi connectivity index (χ0n) is 87.7. The van der Waals surface area contributed by atoms with Crippen LogP contribution in [0.3, 0.4) is 0 Å². The Labute approximate surface area is 724 Å². The van der Waals surface area contributed by atoms with Crippen molar-refractivity contribution in [1.82, 2.24) is 15.6 Å². The Morgan fingerprint density at radius 1 is 0.193 bits per heavy atom. The van der Waals surface area contributed by atoms with Gasteiger partial charge in [0.15, 0.2) is 0 Å².